The Hall–Kier alpha value is -1.36. The summed E-state index contributed by atoms with van der Waals surface area (Å²) in [6, 6.07) is 0. The lowest BCUT2D eigenvalue weighted by atomic mass is 10.3. The maximum absolute atomic E-state index is 10.7. The van der Waals surface area contributed by atoms with E-state index in [-0.39, 0.29) is 13.0 Å². The fourth-order valence-corrected chi connectivity index (χ4v) is 1.77. The van der Waals surface area contributed by atoms with Crippen molar-refractivity contribution >= 4 is 11.8 Å². The number of hydrogen-bond donors (Lipinski definition) is 2. The first-order valence-corrected chi connectivity index (χ1v) is 4.98. The van der Waals surface area contributed by atoms with Gasteiger partial charge in [-0.25, -0.2) is 0 Å². The first-order chi connectivity index (χ1) is 7.19. The van der Waals surface area contributed by atoms with E-state index in [2.05, 4.69) is 6.58 Å². The molecule has 0 spiro atoms. The van der Waals surface area contributed by atoms with Crippen molar-refractivity contribution in [2.45, 2.75) is 6.42 Å². The second-order valence-corrected chi connectivity index (χ2v) is 3.43. The molecule has 0 bridgehead atoms. The van der Waals surface area contributed by atoms with Crippen LogP contribution in [0.4, 0.5) is 0 Å². The van der Waals surface area contributed by atoms with E-state index in [1.807, 2.05) is 9.48 Å². The maximum Gasteiger partial charge on any atom is 0.315 e. The Morgan fingerprint density at radius 2 is 2.40 bits per heavy atom. The summed E-state index contributed by atoms with van der Waals surface area (Å²) in [5.41, 5.74) is 0. The summed E-state index contributed by atoms with van der Waals surface area (Å²) in [7, 11) is 0. The van der Waals surface area contributed by atoms with Gasteiger partial charge < -0.3 is 10.2 Å². The molecule has 0 radical (unpaired) electrons. The standard InChI is InChI=1S/C10H16N2O3/c1-2-3-11-4-5-12(6-7-13)9(11)8-10(14)15/h2,13H,1,3-8H2/p+1. The lowest BCUT2D eigenvalue weighted by Gasteiger charge is -2.09. The molecule has 0 fully saturated rings. The lowest BCUT2D eigenvalue weighted by molar-refractivity contribution is -0.521. The monoisotopic (exact) mass is 213 g/mol. The van der Waals surface area contributed by atoms with Crippen LogP contribution in [0.1, 0.15) is 6.42 Å². The van der Waals surface area contributed by atoms with Crippen LogP contribution in [0.25, 0.3) is 0 Å². The topological polar surface area (TPSA) is 63.8 Å². The number of carbonyl (C=O) groups is 1. The first-order valence-electron chi connectivity index (χ1n) is 4.98. The van der Waals surface area contributed by atoms with Crippen molar-refractivity contribution in [3.8, 4) is 0 Å². The number of β-amino-alcohol motifs (C(OH)–C–C–N with tert-alkyl or cyclic N) is 1. The summed E-state index contributed by atoms with van der Waals surface area (Å²) in [6.45, 7) is 6.41. The highest BCUT2D eigenvalue weighted by atomic mass is 16.4. The number of carboxylic acids is 1. The molecule has 15 heavy (non-hydrogen) atoms. The average Bonchev–Trinajstić information content (AvgIpc) is 2.51. The van der Waals surface area contributed by atoms with Crippen molar-refractivity contribution in [1.82, 2.24) is 4.90 Å². The van der Waals surface area contributed by atoms with Gasteiger partial charge in [-0.1, -0.05) is 12.7 Å². The van der Waals surface area contributed by atoms with Crippen LogP contribution in [0, 0.1) is 0 Å². The van der Waals surface area contributed by atoms with E-state index < -0.39 is 5.97 Å². The normalized spacial score (nSPS) is 15.9. The zero-order valence-corrected chi connectivity index (χ0v) is 8.72. The van der Waals surface area contributed by atoms with E-state index in [1.54, 1.807) is 6.08 Å². The summed E-state index contributed by atoms with van der Waals surface area (Å²) in [4.78, 5) is 12.7. The summed E-state index contributed by atoms with van der Waals surface area (Å²) >= 11 is 0. The number of hydrogen-bond acceptors (Lipinski definition) is 3. The summed E-state index contributed by atoms with van der Waals surface area (Å²) in [5, 5.41) is 17.6. The van der Waals surface area contributed by atoms with Crippen molar-refractivity contribution in [3.05, 3.63) is 12.7 Å². The van der Waals surface area contributed by atoms with Crippen molar-refractivity contribution < 1.29 is 19.6 Å². The Morgan fingerprint density at radius 3 is 2.93 bits per heavy atom. The molecule has 0 aromatic rings. The van der Waals surface area contributed by atoms with Crippen LogP contribution < -0.4 is 0 Å². The van der Waals surface area contributed by atoms with Gasteiger partial charge in [-0.15, -0.1) is 0 Å². The number of carboxylic acid groups (broad SMARTS) is 1. The van der Waals surface area contributed by atoms with Crippen molar-refractivity contribution in [2.75, 3.05) is 32.8 Å². The molecule has 1 aliphatic heterocycles. The van der Waals surface area contributed by atoms with Gasteiger partial charge in [-0.05, 0) is 0 Å². The largest absolute Gasteiger partial charge is 0.481 e. The number of rotatable bonds is 6. The molecule has 0 aromatic heterocycles. The highest BCUT2D eigenvalue weighted by molar-refractivity contribution is 5.94. The maximum atomic E-state index is 10.7. The van der Waals surface area contributed by atoms with Gasteiger partial charge in [0.05, 0.1) is 6.61 Å². The number of aliphatic hydroxyl groups is 1. The van der Waals surface area contributed by atoms with Gasteiger partial charge in [-0.2, -0.15) is 0 Å². The molecular formula is C10H17N2O3+. The molecule has 1 heterocycles. The molecule has 0 saturated carbocycles. The molecule has 5 nitrogen and oxygen atoms in total. The van der Waals surface area contributed by atoms with Gasteiger partial charge in [0, 0.05) is 0 Å². The second kappa shape index (κ2) is 5.50. The Bertz CT molecular complexity index is 286. The lowest BCUT2D eigenvalue weighted by Crippen LogP contribution is -2.32. The van der Waals surface area contributed by atoms with Gasteiger partial charge in [0.2, 0.25) is 0 Å². The van der Waals surface area contributed by atoms with Crippen LogP contribution in [-0.2, 0) is 4.79 Å². The van der Waals surface area contributed by atoms with E-state index >= 15 is 0 Å². The van der Waals surface area contributed by atoms with E-state index in [0.29, 0.717) is 13.1 Å². The third-order valence-electron chi connectivity index (χ3n) is 2.40. The van der Waals surface area contributed by atoms with Crippen LogP contribution >= 0.6 is 0 Å². The Labute approximate surface area is 88.9 Å². The van der Waals surface area contributed by atoms with E-state index in [9.17, 15) is 4.79 Å². The molecule has 5 heteroatoms. The SMILES string of the molecule is C=CCN1CC[N+](CCO)=C1CC(=O)O. The van der Waals surface area contributed by atoms with Gasteiger partial charge in [0.15, 0.2) is 0 Å². The predicted octanol–water partition coefficient (Wildman–Crippen LogP) is -0.634. The number of nitrogens with zero attached hydrogens (tertiary/aromatic N) is 2. The van der Waals surface area contributed by atoms with Crippen LogP contribution in [0.2, 0.25) is 0 Å². The Balaban J connectivity index is 2.77. The summed E-state index contributed by atoms with van der Waals surface area (Å²) < 4.78 is 1.91. The molecule has 0 saturated heterocycles. The van der Waals surface area contributed by atoms with E-state index in [0.717, 1.165) is 18.9 Å². The highest BCUT2D eigenvalue weighted by Crippen LogP contribution is 2.05. The quantitative estimate of drug-likeness (QED) is 0.455. The molecule has 1 aliphatic rings. The fraction of sp³-hybridized carbons (Fsp3) is 0.600. The highest BCUT2D eigenvalue weighted by Gasteiger charge is 2.30. The third-order valence-corrected chi connectivity index (χ3v) is 2.40. The minimum absolute atomic E-state index is 0.00778. The van der Waals surface area contributed by atoms with Crippen LogP contribution in [0.15, 0.2) is 12.7 Å². The molecule has 0 amide bonds. The smallest absolute Gasteiger partial charge is 0.315 e. The average molecular weight is 213 g/mol. The zero-order chi connectivity index (χ0) is 11.3. The Kier molecular flexibility index (Phi) is 4.30. The molecule has 0 aliphatic carbocycles. The molecule has 0 atom stereocenters. The zero-order valence-electron chi connectivity index (χ0n) is 8.72. The van der Waals surface area contributed by atoms with Gasteiger partial charge >= 0.3 is 5.97 Å². The molecular weight excluding hydrogens is 196 g/mol. The fourth-order valence-electron chi connectivity index (χ4n) is 1.77. The summed E-state index contributed by atoms with van der Waals surface area (Å²) in [6.07, 6.45) is 1.76. The molecule has 84 valence electrons. The molecule has 0 aromatic carbocycles. The van der Waals surface area contributed by atoms with Crippen molar-refractivity contribution in [2.24, 2.45) is 0 Å². The van der Waals surface area contributed by atoms with Gasteiger partial charge in [0.1, 0.15) is 32.6 Å². The Morgan fingerprint density at radius 1 is 1.67 bits per heavy atom. The first kappa shape index (κ1) is 11.7. The van der Waals surface area contributed by atoms with Crippen molar-refractivity contribution in [3.63, 3.8) is 0 Å². The van der Waals surface area contributed by atoms with Crippen LogP contribution in [0.3, 0.4) is 0 Å². The molecule has 2 N–H and O–H groups in total. The third kappa shape index (κ3) is 3.06. The van der Waals surface area contributed by atoms with Crippen LogP contribution in [0.5, 0.6) is 0 Å². The second-order valence-electron chi connectivity index (χ2n) is 3.43. The predicted molar refractivity (Wildman–Crippen MR) is 56.1 cm³/mol. The summed E-state index contributed by atoms with van der Waals surface area (Å²) in [5.74, 6) is -0.0691. The van der Waals surface area contributed by atoms with Gasteiger partial charge in [0.25, 0.3) is 5.84 Å². The van der Waals surface area contributed by atoms with Crippen molar-refractivity contribution in [1.29, 1.82) is 0 Å². The van der Waals surface area contributed by atoms with Gasteiger partial charge in [-0.3, -0.25) is 14.3 Å². The van der Waals surface area contributed by atoms with Crippen LogP contribution in [-0.4, -0.2) is 64.3 Å². The number of aliphatic hydroxyl groups excluding tert-OH is 1. The minimum Gasteiger partial charge on any atom is -0.481 e. The molecule has 0 unspecified atom stereocenters. The number of amidine groups is 1. The number of aliphatic carboxylic acids is 1. The van der Waals surface area contributed by atoms with E-state index in [1.165, 1.54) is 0 Å². The minimum atomic E-state index is -0.844. The molecule has 1 rings (SSSR count). The van der Waals surface area contributed by atoms with E-state index in [4.69, 9.17) is 10.2 Å².